The number of nitrogens with one attached hydrogen (secondary N) is 1. The molecule has 0 saturated carbocycles. The highest BCUT2D eigenvalue weighted by Crippen LogP contribution is 2.24. The fraction of sp³-hybridized carbons (Fsp3) is 0.278. The molecule has 0 aliphatic rings. The van der Waals surface area contributed by atoms with Gasteiger partial charge in [-0.25, -0.2) is 0 Å². The SMILES string of the molecule is CC(C)N(C)C(=O)c1ccc(Cl)c(NC(=O)/C=C/c2cnn(C)c2)c1. The highest BCUT2D eigenvalue weighted by Gasteiger charge is 2.16. The molecule has 6 nitrogen and oxygen atoms in total. The number of anilines is 1. The van der Waals surface area contributed by atoms with Gasteiger partial charge in [0, 0.05) is 43.5 Å². The molecule has 2 amide bonds. The van der Waals surface area contributed by atoms with Crippen LogP contribution < -0.4 is 5.32 Å². The monoisotopic (exact) mass is 360 g/mol. The van der Waals surface area contributed by atoms with Crippen LogP contribution >= 0.6 is 11.6 Å². The molecule has 2 aromatic rings. The molecule has 0 unspecified atom stereocenters. The zero-order chi connectivity index (χ0) is 18.6. The van der Waals surface area contributed by atoms with Crippen LogP contribution in [0.15, 0.2) is 36.7 Å². The quantitative estimate of drug-likeness (QED) is 0.832. The first-order chi connectivity index (χ1) is 11.8. The van der Waals surface area contributed by atoms with Gasteiger partial charge in [0.25, 0.3) is 5.91 Å². The van der Waals surface area contributed by atoms with Gasteiger partial charge >= 0.3 is 0 Å². The number of carbonyl (C=O) groups is 2. The van der Waals surface area contributed by atoms with E-state index < -0.39 is 0 Å². The molecule has 0 radical (unpaired) electrons. The molecule has 7 heteroatoms. The Morgan fingerprint density at radius 3 is 2.68 bits per heavy atom. The maximum atomic E-state index is 12.4. The summed E-state index contributed by atoms with van der Waals surface area (Å²) in [6.07, 6.45) is 6.48. The average molecular weight is 361 g/mol. The number of hydrogen-bond donors (Lipinski definition) is 1. The Kier molecular flexibility index (Phi) is 5.98. The van der Waals surface area contributed by atoms with Crippen LogP contribution in [0.25, 0.3) is 6.08 Å². The lowest BCUT2D eigenvalue weighted by Crippen LogP contribution is -2.33. The fourth-order valence-electron chi connectivity index (χ4n) is 2.06. The third kappa shape index (κ3) is 4.93. The third-order valence-corrected chi connectivity index (χ3v) is 4.05. The largest absolute Gasteiger partial charge is 0.339 e. The van der Waals surface area contributed by atoms with Crippen molar-refractivity contribution < 1.29 is 9.59 Å². The average Bonchev–Trinajstić information content (AvgIpc) is 2.99. The maximum Gasteiger partial charge on any atom is 0.253 e. The van der Waals surface area contributed by atoms with Gasteiger partial charge in [-0.05, 0) is 38.1 Å². The highest BCUT2D eigenvalue weighted by atomic mass is 35.5. The van der Waals surface area contributed by atoms with E-state index in [1.807, 2.05) is 13.8 Å². The van der Waals surface area contributed by atoms with Crippen LogP contribution in [-0.4, -0.2) is 39.6 Å². The second-order valence-electron chi connectivity index (χ2n) is 5.97. The van der Waals surface area contributed by atoms with Crippen LogP contribution in [-0.2, 0) is 11.8 Å². The summed E-state index contributed by atoms with van der Waals surface area (Å²) < 4.78 is 1.65. The normalized spacial score (nSPS) is 11.1. The van der Waals surface area contributed by atoms with Crippen molar-refractivity contribution in [3.63, 3.8) is 0 Å². The van der Waals surface area contributed by atoms with E-state index in [1.54, 1.807) is 60.3 Å². The van der Waals surface area contributed by atoms with Crippen LogP contribution in [0.1, 0.15) is 29.8 Å². The molecule has 1 heterocycles. The molecule has 0 saturated heterocycles. The van der Waals surface area contributed by atoms with E-state index in [9.17, 15) is 9.59 Å². The van der Waals surface area contributed by atoms with Crippen molar-refractivity contribution in [2.45, 2.75) is 19.9 Å². The summed E-state index contributed by atoms with van der Waals surface area (Å²) in [5.74, 6) is -0.472. The van der Waals surface area contributed by atoms with Crippen molar-refractivity contribution in [3.8, 4) is 0 Å². The van der Waals surface area contributed by atoms with Crippen molar-refractivity contribution in [1.29, 1.82) is 0 Å². The Morgan fingerprint density at radius 1 is 1.36 bits per heavy atom. The van der Waals surface area contributed by atoms with Crippen LogP contribution in [0, 0.1) is 0 Å². The molecule has 1 N–H and O–H groups in total. The number of hydrogen-bond acceptors (Lipinski definition) is 3. The molecule has 0 bridgehead atoms. The summed E-state index contributed by atoms with van der Waals surface area (Å²) in [5.41, 5.74) is 1.67. The summed E-state index contributed by atoms with van der Waals surface area (Å²) in [6.45, 7) is 3.86. The Bertz CT molecular complexity index is 811. The Morgan fingerprint density at radius 2 is 2.08 bits per heavy atom. The summed E-state index contributed by atoms with van der Waals surface area (Å²) in [5, 5.41) is 7.09. The van der Waals surface area contributed by atoms with Crippen LogP contribution in [0.3, 0.4) is 0 Å². The predicted molar refractivity (Wildman–Crippen MR) is 99.6 cm³/mol. The molecule has 0 aliphatic carbocycles. The molecular formula is C18H21ClN4O2. The summed E-state index contributed by atoms with van der Waals surface area (Å²) >= 11 is 6.13. The minimum Gasteiger partial charge on any atom is -0.339 e. The molecular weight excluding hydrogens is 340 g/mol. The molecule has 0 atom stereocenters. The maximum absolute atomic E-state index is 12.4. The van der Waals surface area contributed by atoms with Gasteiger partial charge in [-0.2, -0.15) is 5.10 Å². The number of aryl methyl sites for hydroxylation is 1. The fourth-order valence-corrected chi connectivity index (χ4v) is 2.23. The van der Waals surface area contributed by atoms with Crippen LogP contribution in [0.5, 0.6) is 0 Å². The summed E-state index contributed by atoms with van der Waals surface area (Å²) in [7, 11) is 3.53. The van der Waals surface area contributed by atoms with Gasteiger partial charge in [0.15, 0.2) is 0 Å². The number of halogens is 1. The van der Waals surface area contributed by atoms with Crippen LogP contribution in [0.2, 0.25) is 5.02 Å². The van der Waals surface area contributed by atoms with Gasteiger partial charge in [0.2, 0.25) is 5.91 Å². The number of rotatable bonds is 5. The van der Waals surface area contributed by atoms with Crippen molar-refractivity contribution >= 4 is 35.2 Å². The third-order valence-electron chi connectivity index (χ3n) is 3.72. The lowest BCUT2D eigenvalue weighted by atomic mass is 10.1. The van der Waals surface area contributed by atoms with Gasteiger partial charge in [0.05, 0.1) is 16.9 Å². The number of carbonyl (C=O) groups excluding carboxylic acids is 2. The molecule has 0 aliphatic heterocycles. The number of nitrogens with zero attached hydrogens (tertiary/aromatic N) is 3. The van der Waals surface area contributed by atoms with E-state index in [0.717, 1.165) is 5.56 Å². The molecule has 0 fully saturated rings. The minimum absolute atomic E-state index is 0.0728. The molecule has 0 spiro atoms. The van der Waals surface area contributed by atoms with Crippen molar-refractivity contribution in [2.75, 3.05) is 12.4 Å². The Labute approximate surface area is 152 Å². The smallest absolute Gasteiger partial charge is 0.253 e. The molecule has 1 aromatic carbocycles. The van der Waals surface area contributed by atoms with E-state index in [0.29, 0.717) is 16.3 Å². The van der Waals surface area contributed by atoms with E-state index in [4.69, 9.17) is 11.6 Å². The topological polar surface area (TPSA) is 67.2 Å². The first-order valence-electron chi connectivity index (χ1n) is 7.82. The lowest BCUT2D eigenvalue weighted by Gasteiger charge is -2.21. The Hall–Kier alpha value is -2.60. The molecule has 1 aromatic heterocycles. The Balaban J connectivity index is 2.13. The first kappa shape index (κ1) is 18.7. The second kappa shape index (κ2) is 7.98. The highest BCUT2D eigenvalue weighted by molar-refractivity contribution is 6.34. The molecule has 132 valence electrons. The predicted octanol–water partition coefficient (Wildman–Crippen LogP) is 3.21. The molecule has 2 rings (SSSR count). The van der Waals surface area contributed by atoms with Gasteiger partial charge in [-0.1, -0.05) is 11.6 Å². The van der Waals surface area contributed by atoms with Crippen molar-refractivity contribution in [3.05, 3.63) is 52.8 Å². The van der Waals surface area contributed by atoms with E-state index in [2.05, 4.69) is 10.4 Å². The van der Waals surface area contributed by atoms with Crippen molar-refractivity contribution in [1.82, 2.24) is 14.7 Å². The van der Waals surface area contributed by atoms with Gasteiger partial charge in [-0.3, -0.25) is 14.3 Å². The molecule has 25 heavy (non-hydrogen) atoms. The van der Waals surface area contributed by atoms with Crippen LogP contribution in [0.4, 0.5) is 5.69 Å². The van der Waals surface area contributed by atoms with E-state index >= 15 is 0 Å². The van der Waals surface area contributed by atoms with Gasteiger partial charge in [0.1, 0.15) is 0 Å². The first-order valence-corrected chi connectivity index (χ1v) is 8.20. The summed E-state index contributed by atoms with van der Waals surface area (Å²) in [6, 6.07) is 4.90. The van der Waals surface area contributed by atoms with Gasteiger partial charge in [-0.15, -0.1) is 0 Å². The number of benzene rings is 1. The van der Waals surface area contributed by atoms with Crippen molar-refractivity contribution in [2.24, 2.45) is 7.05 Å². The lowest BCUT2D eigenvalue weighted by molar-refractivity contribution is -0.111. The zero-order valence-electron chi connectivity index (χ0n) is 14.7. The standard InChI is InChI=1S/C18H21ClN4O2/c1-12(2)23(4)18(25)14-6-7-15(19)16(9-14)21-17(24)8-5-13-10-20-22(3)11-13/h5-12H,1-4H3,(H,21,24)/b8-5+. The minimum atomic E-state index is -0.340. The summed E-state index contributed by atoms with van der Waals surface area (Å²) in [4.78, 5) is 26.1. The number of aromatic nitrogens is 2. The van der Waals surface area contributed by atoms with Gasteiger partial charge < -0.3 is 10.2 Å². The zero-order valence-corrected chi connectivity index (χ0v) is 15.4. The van der Waals surface area contributed by atoms with E-state index in [-0.39, 0.29) is 17.9 Å². The second-order valence-corrected chi connectivity index (χ2v) is 6.38. The number of amides is 2. The van der Waals surface area contributed by atoms with E-state index in [1.165, 1.54) is 6.08 Å².